The molecule has 114 valence electrons. The minimum Gasteiger partial charge on any atom is -0.396 e. The molecule has 0 spiro atoms. The van der Waals surface area contributed by atoms with Crippen molar-refractivity contribution < 1.29 is 13.9 Å². The zero-order valence-electron chi connectivity index (χ0n) is 11.5. The Morgan fingerprint density at radius 2 is 1.95 bits per heavy atom. The molecule has 0 amide bonds. The standard InChI is InChI=1S/C14H20F2N2O.ClH/c1-10-2-3-11(15)13(14(10)16)12(4-9-19)18-7-5-17-6-8-18;/h2-3,12,17,19H,4-9H2,1H3;1H/t12-;/m1./s1. The average Bonchev–Trinajstić information content (AvgIpc) is 2.43. The summed E-state index contributed by atoms with van der Waals surface area (Å²) in [6, 6.07) is 2.36. The Labute approximate surface area is 124 Å². The van der Waals surface area contributed by atoms with E-state index in [9.17, 15) is 13.9 Å². The van der Waals surface area contributed by atoms with Gasteiger partial charge in [-0.25, -0.2) is 8.78 Å². The highest BCUT2D eigenvalue weighted by Gasteiger charge is 2.27. The Morgan fingerprint density at radius 1 is 1.30 bits per heavy atom. The van der Waals surface area contributed by atoms with Crippen LogP contribution in [0.3, 0.4) is 0 Å². The highest BCUT2D eigenvalue weighted by atomic mass is 35.5. The monoisotopic (exact) mass is 306 g/mol. The second-order valence-corrected chi connectivity index (χ2v) is 4.91. The molecule has 2 N–H and O–H groups in total. The van der Waals surface area contributed by atoms with Crippen molar-refractivity contribution in [2.24, 2.45) is 0 Å². The van der Waals surface area contributed by atoms with Gasteiger partial charge in [0.05, 0.1) is 0 Å². The minimum absolute atomic E-state index is 0. The molecule has 1 aliphatic rings. The van der Waals surface area contributed by atoms with E-state index in [2.05, 4.69) is 5.32 Å². The number of piperazine rings is 1. The molecular weight excluding hydrogens is 286 g/mol. The summed E-state index contributed by atoms with van der Waals surface area (Å²) in [5, 5.41) is 12.4. The van der Waals surface area contributed by atoms with Crippen LogP contribution in [0.15, 0.2) is 12.1 Å². The van der Waals surface area contributed by atoms with Gasteiger partial charge in [-0.05, 0) is 25.0 Å². The van der Waals surface area contributed by atoms with Gasteiger partial charge in [-0.2, -0.15) is 0 Å². The zero-order chi connectivity index (χ0) is 13.8. The minimum atomic E-state index is -0.528. The quantitative estimate of drug-likeness (QED) is 0.893. The zero-order valence-corrected chi connectivity index (χ0v) is 12.3. The van der Waals surface area contributed by atoms with Crippen LogP contribution in [-0.4, -0.2) is 42.8 Å². The van der Waals surface area contributed by atoms with Gasteiger partial charge in [0.15, 0.2) is 0 Å². The van der Waals surface area contributed by atoms with Crippen LogP contribution < -0.4 is 5.32 Å². The van der Waals surface area contributed by atoms with Gasteiger partial charge in [0.2, 0.25) is 0 Å². The normalized spacial score (nSPS) is 17.6. The van der Waals surface area contributed by atoms with Crippen LogP contribution in [0, 0.1) is 18.6 Å². The fourth-order valence-electron chi connectivity index (χ4n) is 2.61. The number of hydrogen-bond acceptors (Lipinski definition) is 3. The summed E-state index contributed by atoms with van der Waals surface area (Å²) < 4.78 is 28.2. The first-order chi connectivity index (χ1) is 9.15. The Hall–Kier alpha value is -0.750. The summed E-state index contributed by atoms with van der Waals surface area (Å²) in [5.41, 5.74) is 0.533. The van der Waals surface area contributed by atoms with Gasteiger partial charge >= 0.3 is 0 Å². The van der Waals surface area contributed by atoms with Gasteiger partial charge in [0.25, 0.3) is 0 Å². The number of nitrogens with zero attached hydrogens (tertiary/aromatic N) is 1. The molecule has 1 aliphatic heterocycles. The van der Waals surface area contributed by atoms with Crippen molar-refractivity contribution in [2.45, 2.75) is 19.4 Å². The predicted molar refractivity (Wildman–Crippen MR) is 77.2 cm³/mol. The molecule has 0 aliphatic carbocycles. The lowest BCUT2D eigenvalue weighted by Crippen LogP contribution is -2.45. The van der Waals surface area contributed by atoms with E-state index in [1.165, 1.54) is 12.1 Å². The first-order valence-electron chi connectivity index (χ1n) is 6.65. The van der Waals surface area contributed by atoms with Crippen molar-refractivity contribution in [3.8, 4) is 0 Å². The maximum absolute atomic E-state index is 14.2. The topological polar surface area (TPSA) is 35.5 Å². The fraction of sp³-hybridized carbons (Fsp3) is 0.571. The largest absolute Gasteiger partial charge is 0.396 e. The molecule has 0 unspecified atom stereocenters. The van der Waals surface area contributed by atoms with Crippen molar-refractivity contribution in [3.63, 3.8) is 0 Å². The molecule has 0 bridgehead atoms. The van der Waals surface area contributed by atoms with E-state index in [1.54, 1.807) is 6.92 Å². The number of benzene rings is 1. The predicted octanol–water partition coefficient (Wildman–Crippen LogP) is 2.02. The van der Waals surface area contributed by atoms with Crippen molar-refractivity contribution in [1.82, 2.24) is 10.2 Å². The Bertz CT molecular complexity index is 439. The molecule has 2 rings (SSSR count). The molecule has 0 saturated carbocycles. The molecule has 0 aromatic heterocycles. The van der Waals surface area contributed by atoms with Crippen molar-refractivity contribution >= 4 is 12.4 Å². The highest BCUT2D eigenvalue weighted by molar-refractivity contribution is 5.85. The Kier molecular flexibility index (Phi) is 6.82. The summed E-state index contributed by atoms with van der Waals surface area (Å²) >= 11 is 0. The van der Waals surface area contributed by atoms with E-state index in [-0.39, 0.29) is 24.6 Å². The van der Waals surface area contributed by atoms with E-state index in [0.29, 0.717) is 12.0 Å². The van der Waals surface area contributed by atoms with Gasteiger partial charge in [-0.3, -0.25) is 4.90 Å². The molecule has 1 heterocycles. The summed E-state index contributed by atoms with van der Waals surface area (Å²) in [4.78, 5) is 2.04. The smallest absolute Gasteiger partial charge is 0.133 e. The van der Waals surface area contributed by atoms with E-state index in [1.807, 2.05) is 4.90 Å². The lowest BCUT2D eigenvalue weighted by atomic mass is 9.98. The lowest BCUT2D eigenvalue weighted by Gasteiger charge is -2.35. The highest BCUT2D eigenvalue weighted by Crippen LogP contribution is 2.30. The van der Waals surface area contributed by atoms with Gasteiger partial charge in [-0.15, -0.1) is 12.4 Å². The molecule has 6 heteroatoms. The SMILES string of the molecule is Cc1ccc(F)c([C@@H](CCO)N2CCNCC2)c1F.Cl. The van der Waals surface area contributed by atoms with Gasteiger partial charge in [0, 0.05) is 44.4 Å². The second kappa shape index (κ2) is 7.88. The van der Waals surface area contributed by atoms with Crippen molar-refractivity contribution in [1.29, 1.82) is 0 Å². The van der Waals surface area contributed by atoms with Crippen LogP contribution >= 0.6 is 12.4 Å². The molecule has 1 aromatic carbocycles. The Balaban J connectivity index is 0.00000200. The first kappa shape index (κ1) is 17.3. The van der Waals surface area contributed by atoms with Crippen LogP contribution in [0.25, 0.3) is 0 Å². The van der Waals surface area contributed by atoms with Crippen LogP contribution in [0.1, 0.15) is 23.6 Å². The Morgan fingerprint density at radius 3 is 2.55 bits per heavy atom. The first-order valence-corrected chi connectivity index (χ1v) is 6.65. The number of hydrogen-bond donors (Lipinski definition) is 2. The van der Waals surface area contributed by atoms with E-state index in [0.717, 1.165) is 26.2 Å². The van der Waals surface area contributed by atoms with Crippen molar-refractivity contribution in [2.75, 3.05) is 32.8 Å². The number of aliphatic hydroxyl groups excluding tert-OH is 1. The van der Waals surface area contributed by atoms with E-state index in [4.69, 9.17) is 0 Å². The van der Waals surface area contributed by atoms with Crippen LogP contribution in [0.5, 0.6) is 0 Å². The molecule has 3 nitrogen and oxygen atoms in total. The molecule has 1 fully saturated rings. The molecule has 1 atom stereocenters. The summed E-state index contributed by atoms with van der Waals surface area (Å²) in [6.45, 7) is 4.62. The van der Waals surface area contributed by atoms with Crippen LogP contribution in [0.2, 0.25) is 0 Å². The molecule has 1 saturated heterocycles. The van der Waals surface area contributed by atoms with Crippen molar-refractivity contribution in [3.05, 3.63) is 34.9 Å². The molecule has 1 aromatic rings. The third-order valence-electron chi connectivity index (χ3n) is 3.65. The number of rotatable bonds is 4. The summed E-state index contributed by atoms with van der Waals surface area (Å²) in [6.07, 6.45) is 0.345. The maximum Gasteiger partial charge on any atom is 0.133 e. The van der Waals surface area contributed by atoms with Crippen LogP contribution in [0.4, 0.5) is 8.78 Å². The summed E-state index contributed by atoms with van der Waals surface area (Å²) in [5.74, 6) is -1.02. The number of nitrogens with one attached hydrogen (secondary N) is 1. The average molecular weight is 307 g/mol. The number of aliphatic hydroxyl groups is 1. The third-order valence-corrected chi connectivity index (χ3v) is 3.65. The van der Waals surface area contributed by atoms with Gasteiger partial charge < -0.3 is 10.4 Å². The molecule has 20 heavy (non-hydrogen) atoms. The molecule has 0 radical (unpaired) electrons. The van der Waals surface area contributed by atoms with Gasteiger partial charge in [0.1, 0.15) is 11.6 Å². The fourth-order valence-corrected chi connectivity index (χ4v) is 2.61. The van der Waals surface area contributed by atoms with E-state index >= 15 is 0 Å². The number of aryl methyl sites for hydroxylation is 1. The molecular formula is C14H21ClF2N2O. The number of halogens is 3. The maximum atomic E-state index is 14.2. The second-order valence-electron chi connectivity index (χ2n) is 4.91. The lowest BCUT2D eigenvalue weighted by molar-refractivity contribution is 0.135. The van der Waals surface area contributed by atoms with Gasteiger partial charge in [-0.1, -0.05) is 6.07 Å². The summed E-state index contributed by atoms with van der Waals surface area (Å²) in [7, 11) is 0. The third kappa shape index (κ3) is 3.67. The van der Waals surface area contributed by atoms with Crippen LogP contribution in [-0.2, 0) is 0 Å². The van der Waals surface area contributed by atoms with E-state index < -0.39 is 17.7 Å².